The van der Waals surface area contributed by atoms with Crippen molar-refractivity contribution in [3.63, 3.8) is 0 Å². The van der Waals surface area contributed by atoms with Crippen LogP contribution in [-0.2, 0) is 6.54 Å². The molecule has 4 aromatic carbocycles. The van der Waals surface area contributed by atoms with Crippen molar-refractivity contribution >= 4 is 21.9 Å². The smallest absolute Gasteiger partial charge is 0.231 e. The van der Waals surface area contributed by atoms with Crippen LogP contribution in [0.25, 0.3) is 44.6 Å². The normalized spacial score (nSPS) is 11.4. The second kappa shape index (κ2) is 7.50. The Kier molecular flexibility index (Phi) is 4.36. The molecular weight excluding hydrogens is 394 g/mol. The van der Waals surface area contributed by atoms with E-state index < -0.39 is 0 Å². The first-order valence-electron chi connectivity index (χ1n) is 10.7. The summed E-state index contributed by atoms with van der Waals surface area (Å²) < 4.78 is 8.13. The van der Waals surface area contributed by atoms with Gasteiger partial charge in [0.05, 0.1) is 12.1 Å². The summed E-state index contributed by atoms with van der Waals surface area (Å²) in [5.74, 6) is 0.591. The number of benzene rings is 4. The van der Waals surface area contributed by atoms with Crippen LogP contribution in [0.3, 0.4) is 0 Å². The quantitative estimate of drug-likeness (QED) is 0.316. The van der Waals surface area contributed by atoms with Crippen LogP contribution in [0.4, 0.5) is 0 Å². The molecule has 32 heavy (non-hydrogen) atoms. The SMILES string of the molecule is Cc1ccc2oc(-c3cn(Cc4ccccc4)nc3-c3ccc4ccccc4c3)nc2c1. The molecule has 0 atom stereocenters. The Bertz CT molecular complexity index is 1560. The number of aryl methyl sites for hydroxylation is 1. The molecule has 154 valence electrons. The Morgan fingerprint density at radius 1 is 0.812 bits per heavy atom. The summed E-state index contributed by atoms with van der Waals surface area (Å²) in [6, 6.07) is 31.2. The van der Waals surface area contributed by atoms with Crippen molar-refractivity contribution in [1.29, 1.82) is 0 Å². The summed E-state index contributed by atoms with van der Waals surface area (Å²) >= 11 is 0. The number of nitrogens with zero attached hydrogens (tertiary/aromatic N) is 3. The van der Waals surface area contributed by atoms with E-state index in [0.29, 0.717) is 12.4 Å². The highest BCUT2D eigenvalue weighted by molar-refractivity contribution is 5.89. The summed E-state index contributed by atoms with van der Waals surface area (Å²) in [6.45, 7) is 2.74. The van der Waals surface area contributed by atoms with Crippen LogP contribution in [0.15, 0.2) is 102 Å². The summed E-state index contributed by atoms with van der Waals surface area (Å²) in [4.78, 5) is 4.79. The van der Waals surface area contributed by atoms with E-state index in [4.69, 9.17) is 14.5 Å². The highest BCUT2D eigenvalue weighted by Crippen LogP contribution is 2.34. The largest absolute Gasteiger partial charge is 0.436 e. The number of rotatable bonds is 4. The van der Waals surface area contributed by atoms with Crippen LogP contribution < -0.4 is 0 Å². The van der Waals surface area contributed by atoms with Gasteiger partial charge in [0, 0.05) is 11.8 Å². The third kappa shape index (κ3) is 3.36. The summed E-state index contributed by atoms with van der Waals surface area (Å²) in [6.07, 6.45) is 2.04. The molecule has 0 aliphatic heterocycles. The summed E-state index contributed by atoms with van der Waals surface area (Å²) in [5, 5.41) is 7.35. The zero-order valence-corrected chi connectivity index (χ0v) is 17.7. The first-order valence-corrected chi connectivity index (χ1v) is 10.7. The predicted molar refractivity (Wildman–Crippen MR) is 128 cm³/mol. The van der Waals surface area contributed by atoms with Gasteiger partial charge in [-0.3, -0.25) is 4.68 Å². The molecule has 4 nitrogen and oxygen atoms in total. The van der Waals surface area contributed by atoms with Crippen molar-refractivity contribution in [3.05, 3.63) is 108 Å². The lowest BCUT2D eigenvalue weighted by Gasteiger charge is -2.03. The average Bonchev–Trinajstić information content (AvgIpc) is 3.43. The molecule has 6 aromatic rings. The van der Waals surface area contributed by atoms with Crippen LogP contribution in [-0.4, -0.2) is 14.8 Å². The molecule has 4 heteroatoms. The molecule has 0 saturated heterocycles. The van der Waals surface area contributed by atoms with Crippen molar-refractivity contribution in [3.8, 4) is 22.7 Å². The molecule has 2 heterocycles. The molecule has 0 spiro atoms. The van der Waals surface area contributed by atoms with E-state index in [0.717, 1.165) is 33.5 Å². The molecule has 0 aliphatic carbocycles. The standard InChI is InChI=1S/C28H21N3O/c1-19-11-14-26-25(15-19)29-28(32-26)24-18-31(17-20-7-3-2-4-8-20)30-27(24)23-13-12-21-9-5-6-10-22(21)16-23/h2-16,18H,17H2,1H3. The van der Waals surface area contributed by atoms with E-state index in [-0.39, 0.29) is 0 Å². The van der Waals surface area contributed by atoms with E-state index in [2.05, 4.69) is 61.5 Å². The number of oxazole rings is 1. The van der Waals surface area contributed by atoms with Gasteiger partial charge >= 0.3 is 0 Å². The molecule has 0 saturated carbocycles. The predicted octanol–water partition coefficient (Wildman–Crippen LogP) is 6.87. The Labute approximate surface area is 185 Å². The molecule has 0 radical (unpaired) electrons. The van der Waals surface area contributed by atoms with Crippen LogP contribution in [0.2, 0.25) is 0 Å². The maximum Gasteiger partial charge on any atom is 0.231 e. The van der Waals surface area contributed by atoms with Crippen molar-refractivity contribution in [2.75, 3.05) is 0 Å². The monoisotopic (exact) mass is 415 g/mol. The fourth-order valence-corrected chi connectivity index (χ4v) is 4.13. The second-order valence-corrected chi connectivity index (χ2v) is 8.13. The van der Waals surface area contributed by atoms with Crippen LogP contribution in [0, 0.1) is 6.92 Å². The fraction of sp³-hybridized carbons (Fsp3) is 0.0714. The van der Waals surface area contributed by atoms with Gasteiger partial charge in [0.25, 0.3) is 0 Å². The van der Waals surface area contributed by atoms with Gasteiger partial charge in [-0.1, -0.05) is 72.8 Å². The molecule has 0 fully saturated rings. The zero-order valence-electron chi connectivity index (χ0n) is 17.7. The maximum atomic E-state index is 6.16. The van der Waals surface area contributed by atoms with E-state index in [1.165, 1.54) is 16.3 Å². The third-order valence-corrected chi connectivity index (χ3v) is 5.75. The van der Waals surface area contributed by atoms with Crippen molar-refractivity contribution in [1.82, 2.24) is 14.8 Å². The third-order valence-electron chi connectivity index (χ3n) is 5.75. The van der Waals surface area contributed by atoms with Gasteiger partial charge in [0.1, 0.15) is 11.2 Å². The Morgan fingerprint density at radius 2 is 1.62 bits per heavy atom. The first-order chi connectivity index (χ1) is 15.7. The molecule has 0 N–H and O–H groups in total. The van der Waals surface area contributed by atoms with Crippen LogP contribution in [0.1, 0.15) is 11.1 Å². The lowest BCUT2D eigenvalue weighted by atomic mass is 10.0. The molecule has 6 rings (SSSR count). The number of fused-ring (bicyclic) bond motifs is 2. The lowest BCUT2D eigenvalue weighted by Crippen LogP contribution is -2.00. The minimum absolute atomic E-state index is 0.591. The number of hydrogen-bond acceptors (Lipinski definition) is 3. The van der Waals surface area contributed by atoms with Gasteiger partial charge < -0.3 is 4.42 Å². The van der Waals surface area contributed by atoms with Gasteiger partial charge in [-0.15, -0.1) is 0 Å². The summed E-state index contributed by atoms with van der Waals surface area (Å²) in [5.41, 5.74) is 6.81. The Hall–Kier alpha value is -4.18. The molecule has 0 amide bonds. The van der Waals surface area contributed by atoms with Crippen LogP contribution in [0.5, 0.6) is 0 Å². The highest BCUT2D eigenvalue weighted by atomic mass is 16.3. The second-order valence-electron chi connectivity index (χ2n) is 8.13. The minimum Gasteiger partial charge on any atom is -0.436 e. The van der Waals surface area contributed by atoms with Crippen molar-refractivity contribution in [2.24, 2.45) is 0 Å². The topological polar surface area (TPSA) is 43.9 Å². The molecule has 2 aromatic heterocycles. The average molecular weight is 415 g/mol. The summed E-state index contributed by atoms with van der Waals surface area (Å²) in [7, 11) is 0. The fourth-order valence-electron chi connectivity index (χ4n) is 4.13. The van der Waals surface area contributed by atoms with Crippen molar-refractivity contribution in [2.45, 2.75) is 13.5 Å². The van der Waals surface area contributed by atoms with Gasteiger partial charge in [0.2, 0.25) is 5.89 Å². The molecule has 0 aliphatic rings. The van der Waals surface area contributed by atoms with E-state index >= 15 is 0 Å². The number of aromatic nitrogens is 3. The van der Waals surface area contributed by atoms with Gasteiger partial charge in [-0.05, 0) is 47.0 Å². The van der Waals surface area contributed by atoms with Gasteiger partial charge in [-0.2, -0.15) is 5.10 Å². The van der Waals surface area contributed by atoms with E-state index in [9.17, 15) is 0 Å². The Balaban J connectivity index is 1.51. The molecule has 0 unspecified atom stereocenters. The minimum atomic E-state index is 0.591. The first kappa shape index (κ1) is 18.6. The van der Waals surface area contributed by atoms with E-state index in [1.54, 1.807) is 0 Å². The van der Waals surface area contributed by atoms with Crippen LogP contribution >= 0.6 is 0 Å². The maximum absolute atomic E-state index is 6.16. The van der Waals surface area contributed by atoms with E-state index in [1.807, 2.05) is 47.3 Å². The highest BCUT2D eigenvalue weighted by Gasteiger charge is 2.19. The molecule has 0 bridgehead atoms. The Morgan fingerprint density at radius 3 is 2.50 bits per heavy atom. The zero-order chi connectivity index (χ0) is 21.5. The lowest BCUT2D eigenvalue weighted by molar-refractivity contribution is 0.619. The number of hydrogen-bond donors (Lipinski definition) is 0. The molecular formula is C28H21N3O. The van der Waals surface area contributed by atoms with Gasteiger partial charge in [-0.25, -0.2) is 4.98 Å². The van der Waals surface area contributed by atoms with Gasteiger partial charge in [0.15, 0.2) is 5.58 Å². The van der Waals surface area contributed by atoms with Crippen molar-refractivity contribution < 1.29 is 4.42 Å².